The second kappa shape index (κ2) is 8.82. The van der Waals surface area contributed by atoms with E-state index < -0.39 is 8.32 Å². The first-order chi connectivity index (χ1) is 14.5. The molecule has 0 unspecified atom stereocenters. The molecule has 2 heteroatoms. The average molecular weight is 408 g/mol. The minimum absolute atomic E-state index is 0.963. The average Bonchev–Trinajstić information content (AvgIpc) is 2.78. The summed E-state index contributed by atoms with van der Waals surface area (Å²) in [7, 11) is -1.82. The smallest absolute Gasteiger partial charge is 0.185 e. The first-order valence-electron chi connectivity index (χ1n) is 10.4. The van der Waals surface area contributed by atoms with Gasteiger partial charge in [0.15, 0.2) is 8.32 Å². The Morgan fingerprint density at radius 2 is 0.900 bits per heavy atom. The first kappa shape index (κ1) is 20.3. The summed E-state index contributed by atoms with van der Waals surface area (Å²) in [5.41, 5.74) is 7.05. The molecule has 149 valence electrons. The maximum absolute atomic E-state index is 6.65. The second-order valence-corrected chi connectivity index (χ2v) is 12.9. The normalized spacial score (nSPS) is 11.6. The van der Waals surface area contributed by atoms with E-state index in [1.807, 2.05) is 12.1 Å². The van der Waals surface area contributed by atoms with Crippen LogP contribution in [-0.2, 0) is 4.43 Å². The molecule has 0 spiro atoms. The number of hydrogen-bond acceptors (Lipinski definition) is 1. The molecule has 4 aromatic rings. The summed E-state index contributed by atoms with van der Waals surface area (Å²) in [5, 5.41) is 0. The van der Waals surface area contributed by atoms with Crippen LogP contribution >= 0.6 is 0 Å². The summed E-state index contributed by atoms with van der Waals surface area (Å²) in [5.74, 6) is 0. The fraction of sp³-hybridized carbons (Fsp3) is 0.107. The van der Waals surface area contributed by atoms with Gasteiger partial charge in [0, 0.05) is 0 Å². The van der Waals surface area contributed by atoms with E-state index >= 15 is 0 Å². The first-order valence-corrected chi connectivity index (χ1v) is 13.8. The highest BCUT2D eigenvalue weighted by Gasteiger charge is 2.25. The van der Waals surface area contributed by atoms with Crippen molar-refractivity contribution < 1.29 is 4.43 Å². The van der Waals surface area contributed by atoms with Crippen LogP contribution in [0.1, 0.15) is 11.1 Å². The van der Waals surface area contributed by atoms with Crippen LogP contribution in [0.5, 0.6) is 0 Å². The van der Waals surface area contributed by atoms with E-state index in [-0.39, 0.29) is 0 Å². The van der Waals surface area contributed by atoms with Gasteiger partial charge in [0.1, 0.15) is 6.10 Å². The highest BCUT2D eigenvalue weighted by atomic mass is 28.4. The predicted molar refractivity (Wildman–Crippen MR) is 130 cm³/mol. The molecule has 1 nitrogen and oxygen atoms in total. The molecule has 0 atom stereocenters. The van der Waals surface area contributed by atoms with Crippen LogP contribution in [0.4, 0.5) is 0 Å². The molecule has 0 bridgehead atoms. The topological polar surface area (TPSA) is 9.23 Å². The van der Waals surface area contributed by atoms with E-state index in [4.69, 9.17) is 4.43 Å². The zero-order chi connectivity index (χ0) is 21.0. The fourth-order valence-electron chi connectivity index (χ4n) is 3.53. The lowest BCUT2D eigenvalue weighted by Crippen LogP contribution is -2.29. The van der Waals surface area contributed by atoms with Crippen molar-refractivity contribution >= 4 is 8.32 Å². The molecule has 0 saturated heterocycles. The summed E-state index contributed by atoms with van der Waals surface area (Å²) in [6.45, 7) is 6.69. The van der Waals surface area contributed by atoms with Gasteiger partial charge in [-0.3, -0.25) is 0 Å². The van der Waals surface area contributed by atoms with Gasteiger partial charge in [-0.1, -0.05) is 97.1 Å². The quantitative estimate of drug-likeness (QED) is 0.296. The SMILES string of the molecule is C[Si](C)(C)O[C](c1cccc(-c2ccccc2)c1)c1cccc(-c2ccccc2)c1. The van der Waals surface area contributed by atoms with Gasteiger partial charge < -0.3 is 4.43 Å². The van der Waals surface area contributed by atoms with Gasteiger partial charge in [0.25, 0.3) is 0 Å². The monoisotopic (exact) mass is 407 g/mol. The number of benzene rings is 4. The van der Waals surface area contributed by atoms with Crippen molar-refractivity contribution in [1.29, 1.82) is 0 Å². The summed E-state index contributed by atoms with van der Waals surface area (Å²) in [4.78, 5) is 0. The fourth-order valence-corrected chi connectivity index (χ4v) is 4.38. The Kier molecular flexibility index (Phi) is 5.98. The van der Waals surface area contributed by atoms with Crippen LogP contribution in [0.3, 0.4) is 0 Å². The molecule has 0 fully saturated rings. The van der Waals surface area contributed by atoms with Crippen LogP contribution in [0.15, 0.2) is 109 Å². The van der Waals surface area contributed by atoms with Crippen molar-refractivity contribution in [3.63, 3.8) is 0 Å². The molecule has 30 heavy (non-hydrogen) atoms. The summed E-state index contributed by atoms with van der Waals surface area (Å²) < 4.78 is 6.65. The lowest BCUT2D eigenvalue weighted by atomic mass is 9.95. The van der Waals surface area contributed by atoms with Crippen molar-refractivity contribution in [2.75, 3.05) is 0 Å². The van der Waals surface area contributed by atoms with E-state index in [1.165, 1.54) is 22.3 Å². The molecule has 0 amide bonds. The molecule has 0 aliphatic heterocycles. The summed E-state index contributed by atoms with van der Waals surface area (Å²) >= 11 is 0. The third-order valence-electron chi connectivity index (χ3n) is 4.87. The molecule has 0 saturated carbocycles. The highest BCUT2D eigenvalue weighted by Crippen LogP contribution is 2.33. The molecule has 0 aromatic heterocycles. The molecule has 4 rings (SSSR count). The minimum Gasteiger partial charge on any atom is -0.401 e. The van der Waals surface area contributed by atoms with Gasteiger partial charge in [0.2, 0.25) is 0 Å². The molecule has 0 aliphatic carbocycles. The van der Waals surface area contributed by atoms with Gasteiger partial charge in [-0.25, -0.2) is 0 Å². The van der Waals surface area contributed by atoms with Crippen LogP contribution in [0, 0.1) is 6.10 Å². The maximum Gasteiger partial charge on any atom is 0.185 e. The molecule has 0 N–H and O–H groups in total. The summed E-state index contributed by atoms with van der Waals surface area (Å²) in [6.07, 6.45) is 0.963. The predicted octanol–water partition coefficient (Wildman–Crippen LogP) is 7.80. The lowest BCUT2D eigenvalue weighted by molar-refractivity contribution is 0.370. The Balaban J connectivity index is 1.77. The Morgan fingerprint density at radius 1 is 0.500 bits per heavy atom. The third kappa shape index (κ3) is 4.96. The largest absolute Gasteiger partial charge is 0.401 e. The van der Waals surface area contributed by atoms with Crippen molar-refractivity contribution in [3.05, 3.63) is 126 Å². The molecular weight excluding hydrogens is 380 g/mol. The Bertz CT molecular complexity index is 1020. The van der Waals surface area contributed by atoms with E-state index in [0.717, 1.165) is 17.2 Å². The van der Waals surface area contributed by atoms with Crippen LogP contribution in [-0.4, -0.2) is 8.32 Å². The molecule has 1 radical (unpaired) electrons. The number of rotatable bonds is 6. The van der Waals surface area contributed by atoms with Gasteiger partial charge in [-0.05, 0) is 65.2 Å². The molecule has 4 aromatic carbocycles. The Hall–Kier alpha value is -2.94. The van der Waals surface area contributed by atoms with Crippen LogP contribution in [0.2, 0.25) is 19.6 Å². The van der Waals surface area contributed by atoms with Gasteiger partial charge in [-0.2, -0.15) is 0 Å². The Morgan fingerprint density at radius 3 is 1.30 bits per heavy atom. The maximum atomic E-state index is 6.65. The van der Waals surface area contributed by atoms with Gasteiger partial charge in [-0.15, -0.1) is 0 Å². The van der Waals surface area contributed by atoms with Crippen molar-refractivity contribution in [1.82, 2.24) is 0 Å². The van der Waals surface area contributed by atoms with E-state index in [2.05, 4.69) is 117 Å². The van der Waals surface area contributed by atoms with Crippen LogP contribution < -0.4 is 0 Å². The van der Waals surface area contributed by atoms with E-state index in [0.29, 0.717) is 0 Å². The second-order valence-electron chi connectivity index (χ2n) is 8.44. The Labute approximate surface area is 181 Å². The molecular formula is C28H27OSi. The van der Waals surface area contributed by atoms with Gasteiger partial charge in [0.05, 0.1) is 0 Å². The molecule has 0 heterocycles. The van der Waals surface area contributed by atoms with Gasteiger partial charge >= 0.3 is 0 Å². The summed E-state index contributed by atoms with van der Waals surface area (Å²) in [6, 6.07) is 38.3. The zero-order valence-corrected chi connectivity index (χ0v) is 18.8. The third-order valence-corrected chi connectivity index (χ3v) is 5.69. The van der Waals surface area contributed by atoms with E-state index in [1.54, 1.807) is 0 Å². The molecule has 0 aliphatic rings. The standard InChI is InChI=1S/C28H27OSi/c1-30(2,3)29-28(26-18-10-16-24(20-26)22-12-6-4-7-13-22)27-19-11-17-25(21-27)23-14-8-5-9-15-23/h4-21H,1-3H3. The number of hydrogen-bond donors (Lipinski definition) is 0. The lowest BCUT2D eigenvalue weighted by Gasteiger charge is -2.27. The van der Waals surface area contributed by atoms with Crippen molar-refractivity contribution in [3.8, 4) is 22.3 Å². The van der Waals surface area contributed by atoms with Crippen molar-refractivity contribution in [2.24, 2.45) is 0 Å². The van der Waals surface area contributed by atoms with Crippen LogP contribution in [0.25, 0.3) is 22.3 Å². The highest BCUT2D eigenvalue weighted by molar-refractivity contribution is 6.70. The van der Waals surface area contributed by atoms with Crippen molar-refractivity contribution in [2.45, 2.75) is 19.6 Å². The zero-order valence-electron chi connectivity index (χ0n) is 17.8. The minimum atomic E-state index is -1.82. The van der Waals surface area contributed by atoms with E-state index in [9.17, 15) is 0 Å².